The first-order valence-corrected chi connectivity index (χ1v) is 6.51. The van der Waals surface area contributed by atoms with Crippen molar-refractivity contribution in [1.82, 2.24) is 0 Å². The van der Waals surface area contributed by atoms with Crippen molar-refractivity contribution in [3.63, 3.8) is 0 Å². The van der Waals surface area contributed by atoms with E-state index < -0.39 is 0 Å². The molecule has 0 aliphatic heterocycles. The van der Waals surface area contributed by atoms with Crippen molar-refractivity contribution in [3.05, 3.63) is 40.2 Å². The maximum absolute atomic E-state index is 5.89. The van der Waals surface area contributed by atoms with E-state index >= 15 is 0 Å². The molecule has 0 bridgehead atoms. The Labute approximate surface area is 99.5 Å². The molecule has 2 aromatic rings. The van der Waals surface area contributed by atoms with Gasteiger partial charge in [0.25, 0.3) is 0 Å². The zero-order valence-electron chi connectivity index (χ0n) is 7.24. The fourth-order valence-corrected chi connectivity index (χ4v) is 3.17. The number of halogens is 1. The number of nitrogens with two attached hydrogens (primary N) is 1. The quantitative estimate of drug-likeness (QED) is 0.835. The second-order valence-corrected chi connectivity index (χ2v) is 5.92. The Morgan fingerprint density at radius 2 is 2.14 bits per heavy atom. The van der Waals surface area contributed by atoms with E-state index in [-0.39, 0.29) is 0 Å². The number of rotatable bonds is 2. The van der Waals surface area contributed by atoms with Gasteiger partial charge in [0.2, 0.25) is 0 Å². The van der Waals surface area contributed by atoms with E-state index in [2.05, 4.69) is 27.4 Å². The summed E-state index contributed by atoms with van der Waals surface area (Å²) in [6.45, 7) is 0. The van der Waals surface area contributed by atoms with Gasteiger partial charge >= 0.3 is 0 Å². The van der Waals surface area contributed by atoms with E-state index in [4.69, 9.17) is 5.73 Å². The first-order chi connectivity index (χ1) is 6.75. The zero-order valence-corrected chi connectivity index (χ0v) is 10.5. The molecular formula is C10H8BrNS2. The first kappa shape index (κ1) is 10.1. The molecule has 0 aliphatic carbocycles. The third-order valence-corrected chi connectivity index (χ3v) is 4.30. The Hall–Kier alpha value is -0.450. The second kappa shape index (κ2) is 4.38. The van der Waals surface area contributed by atoms with Crippen LogP contribution >= 0.6 is 39.0 Å². The van der Waals surface area contributed by atoms with Crippen LogP contribution in [0.2, 0.25) is 0 Å². The van der Waals surface area contributed by atoms with Crippen molar-refractivity contribution in [1.29, 1.82) is 0 Å². The summed E-state index contributed by atoms with van der Waals surface area (Å²) in [6, 6.07) is 10.1. The molecule has 1 aromatic heterocycles. The van der Waals surface area contributed by atoms with Crippen molar-refractivity contribution < 1.29 is 0 Å². The van der Waals surface area contributed by atoms with Crippen LogP contribution in [-0.4, -0.2) is 0 Å². The molecule has 0 radical (unpaired) electrons. The van der Waals surface area contributed by atoms with Crippen LogP contribution in [0.3, 0.4) is 0 Å². The number of thiophene rings is 1. The second-order valence-electron chi connectivity index (χ2n) is 2.72. The molecule has 1 aromatic carbocycles. The summed E-state index contributed by atoms with van der Waals surface area (Å²) >= 11 is 6.82. The lowest BCUT2D eigenvalue weighted by atomic mass is 10.3. The molecule has 0 aliphatic rings. The number of anilines is 1. The van der Waals surface area contributed by atoms with Gasteiger partial charge in [-0.3, -0.25) is 0 Å². The van der Waals surface area contributed by atoms with E-state index in [1.165, 1.54) is 4.21 Å². The number of benzene rings is 1. The summed E-state index contributed by atoms with van der Waals surface area (Å²) in [5.74, 6) is 0. The number of hydrogen-bond donors (Lipinski definition) is 1. The van der Waals surface area contributed by atoms with E-state index in [9.17, 15) is 0 Å². The van der Waals surface area contributed by atoms with E-state index in [0.717, 1.165) is 15.1 Å². The normalized spacial score (nSPS) is 10.4. The lowest BCUT2D eigenvalue weighted by molar-refractivity contribution is 1.44. The van der Waals surface area contributed by atoms with E-state index in [1.54, 1.807) is 23.1 Å². The highest BCUT2D eigenvalue weighted by molar-refractivity contribution is 9.10. The van der Waals surface area contributed by atoms with Crippen molar-refractivity contribution in [2.24, 2.45) is 0 Å². The summed E-state index contributed by atoms with van der Waals surface area (Å²) in [6.07, 6.45) is 0. The third kappa shape index (κ3) is 2.32. The largest absolute Gasteiger partial charge is 0.398 e. The lowest BCUT2D eigenvalue weighted by Crippen LogP contribution is -1.87. The van der Waals surface area contributed by atoms with Crippen LogP contribution in [0.15, 0.2) is 49.3 Å². The molecule has 0 spiro atoms. The topological polar surface area (TPSA) is 26.0 Å². The lowest BCUT2D eigenvalue weighted by Gasteiger charge is -2.03. The molecule has 0 unspecified atom stereocenters. The Bertz CT molecular complexity index is 426. The van der Waals surface area contributed by atoms with Gasteiger partial charge < -0.3 is 5.73 Å². The fourth-order valence-electron chi connectivity index (χ4n) is 1.04. The summed E-state index contributed by atoms with van der Waals surface area (Å²) in [4.78, 5) is 1.11. The van der Waals surface area contributed by atoms with Crippen molar-refractivity contribution in [3.8, 4) is 0 Å². The Morgan fingerprint density at radius 1 is 1.29 bits per heavy atom. The van der Waals surface area contributed by atoms with Crippen LogP contribution in [0.5, 0.6) is 0 Å². The highest BCUT2D eigenvalue weighted by atomic mass is 79.9. The molecule has 0 atom stereocenters. The minimum absolute atomic E-state index is 0.817. The minimum atomic E-state index is 0.817. The van der Waals surface area contributed by atoms with Gasteiger partial charge in [0, 0.05) is 15.1 Å². The van der Waals surface area contributed by atoms with E-state index in [1.807, 2.05) is 24.3 Å². The Morgan fingerprint density at radius 3 is 2.79 bits per heavy atom. The molecular weight excluding hydrogens is 278 g/mol. The highest BCUT2D eigenvalue weighted by Crippen LogP contribution is 2.35. The summed E-state index contributed by atoms with van der Waals surface area (Å²) in [7, 11) is 0. The molecule has 1 nitrogen and oxygen atoms in total. The zero-order chi connectivity index (χ0) is 9.97. The van der Waals surface area contributed by atoms with Crippen molar-refractivity contribution >= 4 is 44.7 Å². The molecule has 14 heavy (non-hydrogen) atoms. The molecule has 0 saturated carbocycles. The predicted octanol–water partition coefficient (Wildman–Crippen LogP) is 4.24. The van der Waals surface area contributed by atoms with Crippen LogP contribution in [0.4, 0.5) is 5.69 Å². The van der Waals surface area contributed by atoms with Gasteiger partial charge in [0.1, 0.15) is 0 Å². The van der Waals surface area contributed by atoms with Gasteiger partial charge in [-0.05, 0) is 29.6 Å². The van der Waals surface area contributed by atoms with E-state index in [0.29, 0.717) is 0 Å². The Kier molecular flexibility index (Phi) is 3.15. The van der Waals surface area contributed by atoms with Crippen LogP contribution in [0, 0.1) is 0 Å². The maximum Gasteiger partial charge on any atom is 0.0647 e. The SMILES string of the molecule is Nc1cc(Br)ccc1Sc1cccs1. The smallest absolute Gasteiger partial charge is 0.0647 e. The van der Waals surface area contributed by atoms with Crippen molar-refractivity contribution in [2.45, 2.75) is 9.10 Å². The average molecular weight is 286 g/mol. The van der Waals surface area contributed by atoms with Gasteiger partial charge in [-0.1, -0.05) is 33.8 Å². The highest BCUT2D eigenvalue weighted by Gasteiger charge is 2.02. The van der Waals surface area contributed by atoms with Crippen LogP contribution in [0.25, 0.3) is 0 Å². The molecule has 0 fully saturated rings. The van der Waals surface area contributed by atoms with Crippen molar-refractivity contribution in [2.75, 3.05) is 5.73 Å². The predicted molar refractivity (Wildman–Crippen MR) is 67.0 cm³/mol. The Balaban J connectivity index is 2.25. The van der Waals surface area contributed by atoms with Gasteiger partial charge in [-0.15, -0.1) is 11.3 Å². The molecule has 72 valence electrons. The molecule has 2 rings (SSSR count). The standard InChI is InChI=1S/C10H8BrNS2/c11-7-3-4-9(8(12)6-7)14-10-2-1-5-13-10/h1-6H,12H2. The number of hydrogen-bond acceptors (Lipinski definition) is 3. The maximum atomic E-state index is 5.89. The van der Waals surface area contributed by atoms with Gasteiger partial charge in [0.05, 0.1) is 4.21 Å². The first-order valence-electron chi connectivity index (χ1n) is 4.02. The van der Waals surface area contributed by atoms with Crippen LogP contribution in [-0.2, 0) is 0 Å². The summed E-state index contributed by atoms with van der Waals surface area (Å²) in [5.41, 5.74) is 6.71. The van der Waals surface area contributed by atoms with Crippen LogP contribution < -0.4 is 5.73 Å². The fraction of sp³-hybridized carbons (Fsp3) is 0. The molecule has 2 N–H and O–H groups in total. The summed E-state index contributed by atoms with van der Waals surface area (Å²) in [5, 5.41) is 2.07. The number of nitrogen functional groups attached to an aromatic ring is 1. The summed E-state index contributed by atoms with van der Waals surface area (Å²) < 4.78 is 2.28. The van der Waals surface area contributed by atoms with Crippen LogP contribution in [0.1, 0.15) is 0 Å². The molecule has 0 saturated heterocycles. The van der Waals surface area contributed by atoms with Gasteiger partial charge in [-0.2, -0.15) is 0 Å². The minimum Gasteiger partial charge on any atom is -0.398 e. The molecule has 0 amide bonds. The van der Waals surface area contributed by atoms with Gasteiger partial charge in [0.15, 0.2) is 0 Å². The average Bonchev–Trinajstić information content (AvgIpc) is 2.62. The third-order valence-electron chi connectivity index (χ3n) is 1.68. The molecule has 1 heterocycles. The monoisotopic (exact) mass is 285 g/mol. The van der Waals surface area contributed by atoms with Gasteiger partial charge in [-0.25, -0.2) is 0 Å². The molecule has 4 heteroatoms.